The Hall–Kier alpha value is -1.49. The van der Waals surface area contributed by atoms with E-state index in [2.05, 4.69) is 18.3 Å². The van der Waals surface area contributed by atoms with E-state index in [-0.39, 0.29) is 0 Å². The van der Waals surface area contributed by atoms with Crippen LogP contribution in [-0.2, 0) is 6.42 Å². The fourth-order valence-corrected chi connectivity index (χ4v) is 1.72. The maximum Gasteiger partial charge on any atom is 0.0991 e. The number of rotatable bonds is 0. The average Bonchev–Trinajstić information content (AvgIpc) is 2.17. The number of anilines is 1. The molecule has 1 aliphatic rings. The maximum atomic E-state index is 8.72. The van der Waals surface area contributed by atoms with E-state index in [9.17, 15) is 0 Å². The normalized spacial score (nSPS) is 19.8. The summed E-state index contributed by atoms with van der Waals surface area (Å²) in [5.41, 5.74) is 3.23. The number of aryl methyl sites for hydroxylation is 1. The standard InChI is InChI=1S/C11H12N2/c1-8-2-4-10-6-9(7-12)3-5-11(10)13-8/h3,5-6,8,13H,2,4H2,1H3. The van der Waals surface area contributed by atoms with Gasteiger partial charge in [-0.1, -0.05) is 0 Å². The molecule has 0 spiro atoms. The topological polar surface area (TPSA) is 35.8 Å². The molecule has 0 aliphatic carbocycles. The first-order valence-corrected chi connectivity index (χ1v) is 4.59. The fourth-order valence-electron chi connectivity index (χ4n) is 1.72. The van der Waals surface area contributed by atoms with Crippen LogP contribution < -0.4 is 5.32 Å². The first-order valence-electron chi connectivity index (χ1n) is 4.59. The smallest absolute Gasteiger partial charge is 0.0991 e. The van der Waals surface area contributed by atoms with Gasteiger partial charge in [0.25, 0.3) is 0 Å². The second-order valence-electron chi connectivity index (χ2n) is 3.57. The number of nitrogens with one attached hydrogen (secondary N) is 1. The Labute approximate surface area is 78.2 Å². The summed E-state index contributed by atoms with van der Waals surface area (Å²) in [5.74, 6) is 0. The van der Waals surface area contributed by atoms with E-state index in [1.54, 1.807) is 0 Å². The number of hydrogen-bond donors (Lipinski definition) is 1. The van der Waals surface area contributed by atoms with Crippen LogP contribution in [0.3, 0.4) is 0 Å². The Morgan fingerprint density at radius 3 is 3.15 bits per heavy atom. The van der Waals surface area contributed by atoms with E-state index >= 15 is 0 Å². The summed E-state index contributed by atoms with van der Waals surface area (Å²) in [6.07, 6.45) is 2.24. The lowest BCUT2D eigenvalue weighted by Crippen LogP contribution is -2.21. The van der Waals surface area contributed by atoms with Gasteiger partial charge in [0.15, 0.2) is 0 Å². The summed E-state index contributed by atoms with van der Waals surface area (Å²) < 4.78 is 0. The van der Waals surface area contributed by atoms with Crippen molar-refractivity contribution < 1.29 is 0 Å². The molecule has 1 atom stereocenters. The number of fused-ring (bicyclic) bond motifs is 1. The minimum absolute atomic E-state index is 0.556. The zero-order valence-electron chi connectivity index (χ0n) is 7.67. The molecule has 0 saturated carbocycles. The maximum absolute atomic E-state index is 8.72. The molecule has 1 aliphatic heterocycles. The molecule has 0 radical (unpaired) electrons. The molecule has 1 unspecified atom stereocenters. The lowest BCUT2D eigenvalue weighted by Gasteiger charge is -2.23. The van der Waals surface area contributed by atoms with Gasteiger partial charge in [0.05, 0.1) is 11.6 Å². The van der Waals surface area contributed by atoms with Crippen LogP contribution in [0.4, 0.5) is 5.69 Å². The lowest BCUT2D eigenvalue weighted by atomic mass is 9.97. The average molecular weight is 172 g/mol. The molecule has 1 N–H and O–H groups in total. The van der Waals surface area contributed by atoms with Gasteiger partial charge in [-0.2, -0.15) is 5.26 Å². The molecule has 2 heteroatoms. The largest absolute Gasteiger partial charge is 0.382 e. The molecule has 13 heavy (non-hydrogen) atoms. The highest BCUT2D eigenvalue weighted by Gasteiger charge is 2.13. The lowest BCUT2D eigenvalue weighted by molar-refractivity contribution is 0.681. The Balaban J connectivity index is 2.38. The van der Waals surface area contributed by atoms with Crippen LogP contribution in [0.2, 0.25) is 0 Å². The van der Waals surface area contributed by atoms with Gasteiger partial charge in [-0.3, -0.25) is 0 Å². The van der Waals surface area contributed by atoms with Crippen molar-refractivity contribution >= 4 is 5.69 Å². The van der Waals surface area contributed by atoms with E-state index in [0.717, 1.165) is 18.4 Å². The summed E-state index contributed by atoms with van der Waals surface area (Å²) in [7, 11) is 0. The minimum Gasteiger partial charge on any atom is -0.382 e. The highest BCUT2D eigenvalue weighted by atomic mass is 14.9. The van der Waals surface area contributed by atoms with Crippen molar-refractivity contribution in [2.45, 2.75) is 25.8 Å². The van der Waals surface area contributed by atoms with Gasteiger partial charge in [-0.05, 0) is 43.5 Å². The number of benzene rings is 1. The van der Waals surface area contributed by atoms with Gasteiger partial charge in [0.2, 0.25) is 0 Å². The van der Waals surface area contributed by atoms with Gasteiger partial charge < -0.3 is 5.32 Å². The third-order valence-electron chi connectivity index (χ3n) is 2.48. The summed E-state index contributed by atoms with van der Waals surface area (Å²) in [5, 5.41) is 12.1. The number of hydrogen-bond acceptors (Lipinski definition) is 2. The van der Waals surface area contributed by atoms with Crippen molar-refractivity contribution in [3.8, 4) is 6.07 Å². The molecule has 0 amide bonds. The Morgan fingerprint density at radius 1 is 1.54 bits per heavy atom. The molecular weight excluding hydrogens is 160 g/mol. The first-order chi connectivity index (χ1) is 6.29. The van der Waals surface area contributed by atoms with E-state index < -0.39 is 0 Å². The van der Waals surface area contributed by atoms with Gasteiger partial charge in [0.1, 0.15) is 0 Å². The molecule has 0 fully saturated rings. The zero-order valence-corrected chi connectivity index (χ0v) is 7.67. The Kier molecular flexibility index (Phi) is 1.94. The zero-order chi connectivity index (χ0) is 9.26. The van der Waals surface area contributed by atoms with Crippen molar-refractivity contribution in [2.24, 2.45) is 0 Å². The highest BCUT2D eigenvalue weighted by molar-refractivity contribution is 5.56. The van der Waals surface area contributed by atoms with Crippen LogP contribution in [0.15, 0.2) is 18.2 Å². The van der Waals surface area contributed by atoms with E-state index in [1.165, 1.54) is 11.3 Å². The molecule has 66 valence electrons. The van der Waals surface area contributed by atoms with Gasteiger partial charge >= 0.3 is 0 Å². The molecule has 1 heterocycles. The summed E-state index contributed by atoms with van der Waals surface area (Å²) >= 11 is 0. The third kappa shape index (κ3) is 1.50. The minimum atomic E-state index is 0.556. The van der Waals surface area contributed by atoms with Crippen LogP contribution >= 0.6 is 0 Å². The molecule has 2 rings (SSSR count). The highest BCUT2D eigenvalue weighted by Crippen LogP contribution is 2.25. The van der Waals surface area contributed by atoms with Gasteiger partial charge in [-0.25, -0.2) is 0 Å². The summed E-state index contributed by atoms with van der Waals surface area (Å²) in [4.78, 5) is 0. The number of nitrogens with zero attached hydrogens (tertiary/aromatic N) is 1. The SMILES string of the molecule is CC1CCc2cc(C#N)ccc2N1. The van der Waals surface area contributed by atoms with Gasteiger partial charge in [0, 0.05) is 11.7 Å². The molecular formula is C11H12N2. The monoisotopic (exact) mass is 172 g/mol. The van der Waals surface area contributed by atoms with Crippen LogP contribution in [0.1, 0.15) is 24.5 Å². The van der Waals surface area contributed by atoms with Crippen LogP contribution in [0.5, 0.6) is 0 Å². The molecule has 0 saturated heterocycles. The van der Waals surface area contributed by atoms with Crippen LogP contribution in [-0.4, -0.2) is 6.04 Å². The first kappa shape index (κ1) is 8.12. The Bertz CT molecular complexity index is 363. The molecule has 0 aromatic heterocycles. The summed E-state index contributed by atoms with van der Waals surface area (Å²) in [6, 6.07) is 8.57. The van der Waals surface area contributed by atoms with Gasteiger partial charge in [-0.15, -0.1) is 0 Å². The van der Waals surface area contributed by atoms with Crippen molar-refractivity contribution in [3.63, 3.8) is 0 Å². The third-order valence-corrected chi connectivity index (χ3v) is 2.48. The van der Waals surface area contributed by atoms with Crippen molar-refractivity contribution in [2.75, 3.05) is 5.32 Å². The molecule has 1 aromatic rings. The number of nitriles is 1. The Morgan fingerprint density at radius 2 is 2.38 bits per heavy atom. The molecule has 2 nitrogen and oxygen atoms in total. The second-order valence-corrected chi connectivity index (χ2v) is 3.57. The molecule has 0 bridgehead atoms. The van der Waals surface area contributed by atoms with Crippen molar-refractivity contribution in [1.82, 2.24) is 0 Å². The van der Waals surface area contributed by atoms with E-state index in [0.29, 0.717) is 6.04 Å². The fraction of sp³-hybridized carbons (Fsp3) is 0.364. The van der Waals surface area contributed by atoms with Crippen LogP contribution in [0, 0.1) is 11.3 Å². The van der Waals surface area contributed by atoms with E-state index in [1.807, 2.05) is 18.2 Å². The quantitative estimate of drug-likeness (QED) is 0.651. The predicted octanol–water partition coefficient (Wildman–Crippen LogP) is 2.30. The van der Waals surface area contributed by atoms with Crippen molar-refractivity contribution in [1.29, 1.82) is 5.26 Å². The van der Waals surface area contributed by atoms with E-state index in [4.69, 9.17) is 5.26 Å². The predicted molar refractivity (Wildman–Crippen MR) is 52.6 cm³/mol. The second kappa shape index (κ2) is 3.10. The summed E-state index contributed by atoms with van der Waals surface area (Å²) in [6.45, 7) is 2.18. The van der Waals surface area contributed by atoms with Crippen LogP contribution in [0.25, 0.3) is 0 Å². The van der Waals surface area contributed by atoms with Crippen molar-refractivity contribution in [3.05, 3.63) is 29.3 Å². The molecule has 1 aromatic carbocycles.